The Hall–Kier alpha value is -1.21. The summed E-state index contributed by atoms with van der Waals surface area (Å²) in [6, 6.07) is 9.11. The fourth-order valence-corrected chi connectivity index (χ4v) is 4.12. The molecule has 1 N–H and O–H groups in total. The van der Waals surface area contributed by atoms with Crippen LogP contribution in [-0.2, 0) is 17.9 Å². The molecule has 0 amide bonds. The van der Waals surface area contributed by atoms with Crippen LogP contribution < -0.4 is 14.8 Å². The van der Waals surface area contributed by atoms with Gasteiger partial charge in [0, 0.05) is 46.3 Å². The first kappa shape index (κ1) is 24.4. The van der Waals surface area contributed by atoms with Crippen LogP contribution in [0.1, 0.15) is 24.5 Å². The van der Waals surface area contributed by atoms with Crippen molar-refractivity contribution in [3.8, 4) is 11.5 Å². The summed E-state index contributed by atoms with van der Waals surface area (Å²) in [5.74, 6) is 1.22. The van der Waals surface area contributed by atoms with Crippen LogP contribution >= 0.6 is 34.8 Å². The molecule has 2 aromatic rings. The van der Waals surface area contributed by atoms with E-state index in [1.54, 1.807) is 24.3 Å². The molecule has 0 radical (unpaired) electrons. The molecule has 3 rings (SSSR count). The monoisotopic (exact) mass is 486 g/mol. The third-order valence-corrected chi connectivity index (χ3v) is 6.15. The van der Waals surface area contributed by atoms with Crippen molar-refractivity contribution in [2.24, 2.45) is 0 Å². The van der Waals surface area contributed by atoms with Crippen LogP contribution in [0.25, 0.3) is 0 Å². The number of hydrogen-bond acceptors (Lipinski definition) is 5. The van der Waals surface area contributed by atoms with E-state index in [1.165, 1.54) is 0 Å². The highest BCUT2D eigenvalue weighted by Gasteiger charge is 2.14. The van der Waals surface area contributed by atoms with Gasteiger partial charge in [0.05, 0.1) is 19.8 Å². The van der Waals surface area contributed by atoms with E-state index in [0.29, 0.717) is 39.7 Å². The highest BCUT2D eigenvalue weighted by Crippen LogP contribution is 2.35. The van der Waals surface area contributed by atoms with Gasteiger partial charge in [-0.2, -0.15) is 0 Å². The van der Waals surface area contributed by atoms with Gasteiger partial charge in [-0.25, -0.2) is 0 Å². The van der Waals surface area contributed by atoms with Crippen LogP contribution in [0.3, 0.4) is 0 Å². The van der Waals surface area contributed by atoms with Crippen LogP contribution in [0, 0.1) is 0 Å². The Kier molecular flexibility index (Phi) is 10.0. The zero-order valence-corrected chi connectivity index (χ0v) is 20.0. The van der Waals surface area contributed by atoms with Gasteiger partial charge in [-0.3, -0.25) is 4.90 Å². The Balaban J connectivity index is 1.56. The summed E-state index contributed by atoms with van der Waals surface area (Å²) in [5.41, 5.74) is 1.70. The van der Waals surface area contributed by atoms with Crippen molar-refractivity contribution < 1.29 is 14.2 Å². The van der Waals surface area contributed by atoms with Crippen molar-refractivity contribution in [1.82, 2.24) is 10.2 Å². The van der Waals surface area contributed by atoms with E-state index >= 15 is 0 Å². The summed E-state index contributed by atoms with van der Waals surface area (Å²) >= 11 is 19.0. The quantitative estimate of drug-likeness (QED) is 0.428. The van der Waals surface area contributed by atoms with Crippen molar-refractivity contribution >= 4 is 34.8 Å². The normalized spacial score (nSPS) is 14.6. The van der Waals surface area contributed by atoms with Crippen LogP contribution in [0.5, 0.6) is 11.5 Å². The van der Waals surface area contributed by atoms with Gasteiger partial charge < -0.3 is 19.5 Å². The van der Waals surface area contributed by atoms with Crippen LogP contribution in [0.4, 0.5) is 0 Å². The van der Waals surface area contributed by atoms with E-state index in [4.69, 9.17) is 49.0 Å². The van der Waals surface area contributed by atoms with E-state index in [2.05, 4.69) is 10.2 Å². The van der Waals surface area contributed by atoms with Gasteiger partial charge in [0.25, 0.3) is 0 Å². The van der Waals surface area contributed by atoms with Gasteiger partial charge in [-0.1, -0.05) is 40.9 Å². The predicted octanol–water partition coefficient (Wildman–Crippen LogP) is 5.44. The number of benzene rings is 2. The molecule has 5 nitrogen and oxygen atoms in total. The predicted molar refractivity (Wildman–Crippen MR) is 127 cm³/mol. The van der Waals surface area contributed by atoms with Crippen LogP contribution in [0.2, 0.25) is 15.1 Å². The van der Waals surface area contributed by atoms with Gasteiger partial charge in [0.1, 0.15) is 6.61 Å². The minimum atomic E-state index is 0.230. The summed E-state index contributed by atoms with van der Waals surface area (Å²) in [4.78, 5) is 2.43. The zero-order valence-electron chi connectivity index (χ0n) is 17.8. The number of ether oxygens (including phenoxy) is 3. The third kappa shape index (κ3) is 7.41. The number of morpholine rings is 1. The third-order valence-electron chi connectivity index (χ3n) is 5.09. The van der Waals surface area contributed by atoms with Crippen LogP contribution in [0.15, 0.2) is 30.3 Å². The number of rotatable bonds is 11. The summed E-state index contributed by atoms with van der Waals surface area (Å²) in [6.45, 7) is 9.05. The molecule has 0 saturated carbocycles. The average Bonchev–Trinajstić information content (AvgIpc) is 2.76. The molecule has 0 aliphatic carbocycles. The highest BCUT2D eigenvalue weighted by molar-refractivity contribution is 6.36. The van der Waals surface area contributed by atoms with Gasteiger partial charge in [0.15, 0.2) is 11.5 Å². The average molecular weight is 488 g/mol. The Morgan fingerprint density at radius 1 is 1.00 bits per heavy atom. The second-order valence-electron chi connectivity index (χ2n) is 7.30. The smallest absolute Gasteiger partial charge is 0.163 e. The fourth-order valence-electron chi connectivity index (χ4n) is 3.39. The number of nitrogens with zero attached hydrogens (tertiary/aromatic N) is 1. The van der Waals surface area contributed by atoms with Crippen molar-refractivity contribution in [3.05, 3.63) is 56.5 Å². The molecule has 1 saturated heterocycles. The van der Waals surface area contributed by atoms with Crippen LogP contribution in [-0.4, -0.2) is 50.9 Å². The molecule has 0 aromatic heterocycles. The minimum Gasteiger partial charge on any atom is -0.490 e. The molecular weight excluding hydrogens is 459 g/mol. The van der Waals surface area contributed by atoms with E-state index in [1.807, 2.05) is 13.0 Å². The zero-order chi connectivity index (χ0) is 22.1. The fraction of sp³-hybridized carbons (Fsp3) is 0.478. The van der Waals surface area contributed by atoms with Gasteiger partial charge in [0.2, 0.25) is 0 Å². The molecule has 31 heavy (non-hydrogen) atoms. The SMILES string of the molecule is CCOc1cc(CNCCCN2CCOCC2)c(Cl)cc1OCc1c(Cl)cccc1Cl. The molecule has 0 bridgehead atoms. The van der Waals surface area contributed by atoms with Gasteiger partial charge >= 0.3 is 0 Å². The molecule has 1 heterocycles. The van der Waals surface area contributed by atoms with E-state index in [9.17, 15) is 0 Å². The number of hydrogen-bond donors (Lipinski definition) is 1. The summed E-state index contributed by atoms with van der Waals surface area (Å²) < 4.78 is 17.1. The molecule has 2 aromatic carbocycles. The molecule has 0 unspecified atom stereocenters. The van der Waals surface area contributed by atoms with Crippen molar-refractivity contribution in [3.63, 3.8) is 0 Å². The van der Waals surface area contributed by atoms with Gasteiger partial charge in [-0.15, -0.1) is 0 Å². The van der Waals surface area contributed by atoms with Gasteiger partial charge in [-0.05, 0) is 50.2 Å². The maximum atomic E-state index is 6.53. The molecule has 1 aliphatic rings. The van der Waals surface area contributed by atoms with E-state index in [0.717, 1.165) is 56.9 Å². The number of nitrogens with one attached hydrogen (secondary N) is 1. The molecule has 170 valence electrons. The Labute approximate surface area is 199 Å². The number of halogens is 3. The van der Waals surface area contributed by atoms with Crippen molar-refractivity contribution in [2.45, 2.75) is 26.5 Å². The first-order valence-electron chi connectivity index (χ1n) is 10.6. The lowest BCUT2D eigenvalue weighted by Crippen LogP contribution is -2.37. The first-order chi connectivity index (χ1) is 15.1. The lowest BCUT2D eigenvalue weighted by atomic mass is 10.2. The first-order valence-corrected chi connectivity index (χ1v) is 11.7. The summed E-state index contributed by atoms with van der Waals surface area (Å²) in [7, 11) is 0. The molecule has 1 aliphatic heterocycles. The highest BCUT2D eigenvalue weighted by atomic mass is 35.5. The lowest BCUT2D eigenvalue weighted by molar-refractivity contribution is 0.0374. The summed E-state index contributed by atoms with van der Waals surface area (Å²) in [6.07, 6.45) is 1.08. The van der Waals surface area contributed by atoms with Crippen molar-refractivity contribution in [2.75, 3.05) is 46.0 Å². The van der Waals surface area contributed by atoms with E-state index < -0.39 is 0 Å². The summed E-state index contributed by atoms with van der Waals surface area (Å²) in [5, 5.41) is 5.23. The maximum Gasteiger partial charge on any atom is 0.163 e. The molecule has 0 atom stereocenters. The lowest BCUT2D eigenvalue weighted by Gasteiger charge is -2.26. The minimum absolute atomic E-state index is 0.230. The molecule has 0 spiro atoms. The second-order valence-corrected chi connectivity index (χ2v) is 8.52. The topological polar surface area (TPSA) is 43.0 Å². The van der Waals surface area contributed by atoms with E-state index in [-0.39, 0.29) is 6.61 Å². The molecule has 8 heteroatoms. The molecule has 1 fully saturated rings. The van der Waals surface area contributed by atoms with Crippen molar-refractivity contribution in [1.29, 1.82) is 0 Å². The largest absolute Gasteiger partial charge is 0.490 e. The Bertz CT molecular complexity index is 825. The second kappa shape index (κ2) is 12.7. The Morgan fingerprint density at radius 2 is 1.71 bits per heavy atom. The Morgan fingerprint density at radius 3 is 2.42 bits per heavy atom. The molecular formula is C23H29Cl3N2O3. The standard InChI is InChI=1S/C23H29Cl3N2O3/c1-2-30-22-13-17(15-27-7-4-8-28-9-11-29-12-10-28)21(26)14-23(22)31-16-18-19(24)5-3-6-20(18)25/h3,5-6,13-14,27H,2,4,7-12,15-16H2,1H3. The maximum absolute atomic E-state index is 6.53.